The first-order chi connectivity index (χ1) is 8.88. The Morgan fingerprint density at radius 2 is 1.89 bits per heavy atom. The average Bonchev–Trinajstić information content (AvgIpc) is 3.07. The van der Waals surface area contributed by atoms with Gasteiger partial charge in [0.15, 0.2) is 0 Å². The molecule has 0 saturated heterocycles. The first-order valence-corrected chi connectivity index (χ1v) is 8.23. The van der Waals surface area contributed by atoms with Crippen LogP contribution in [0.15, 0.2) is 23.1 Å². The second-order valence-electron chi connectivity index (χ2n) is 6.14. The van der Waals surface area contributed by atoms with E-state index in [1.165, 1.54) is 5.56 Å². The summed E-state index contributed by atoms with van der Waals surface area (Å²) in [6, 6.07) is 5.41. The van der Waals surface area contributed by atoms with Crippen LogP contribution in [-0.2, 0) is 23.1 Å². The maximum absolute atomic E-state index is 12.4. The number of benzene rings is 1. The number of nitrogens with one attached hydrogen (secondary N) is 2. The molecule has 0 unspecified atom stereocenters. The monoisotopic (exact) mass is 280 g/mol. The third kappa shape index (κ3) is 2.55. The molecule has 1 aromatic carbocycles. The topological polar surface area (TPSA) is 58.2 Å². The molecule has 1 aliphatic carbocycles. The Morgan fingerprint density at radius 3 is 2.58 bits per heavy atom. The van der Waals surface area contributed by atoms with Gasteiger partial charge in [0.1, 0.15) is 0 Å². The number of hydrogen-bond acceptors (Lipinski definition) is 3. The summed E-state index contributed by atoms with van der Waals surface area (Å²) in [4.78, 5) is 0.378. The Labute approximate surface area is 114 Å². The van der Waals surface area contributed by atoms with Gasteiger partial charge in [-0.15, -0.1) is 0 Å². The fourth-order valence-corrected chi connectivity index (χ4v) is 4.25. The van der Waals surface area contributed by atoms with E-state index in [2.05, 4.69) is 10.0 Å². The summed E-state index contributed by atoms with van der Waals surface area (Å²) >= 11 is 0. The molecule has 4 nitrogen and oxygen atoms in total. The van der Waals surface area contributed by atoms with Crippen molar-refractivity contribution in [1.82, 2.24) is 10.0 Å². The minimum atomic E-state index is -3.42. The summed E-state index contributed by atoms with van der Waals surface area (Å²) < 4.78 is 27.8. The van der Waals surface area contributed by atoms with Gasteiger partial charge in [-0.2, -0.15) is 0 Å². The fourth-order valence-electron chi connectivity index (χ4n) is 2.73. The van der Waals surface area contributed by atoms with Crippen LogP contribution in [0.2, 0.25) is 0 Å². The van der Waals surface area contributed by atoms with Crippen molar-refractivity contribution in [3.05, 3.63) is 29.3 Å². The minimum Gasteiger partial charge on any atom is -0.309 e. The van der Waals surface area contributed by atoms with Gasteiger partial charge in [0.05, 0.1) is 4.90 Å². The molecule has 1 aliphatic heterocycles. The zero-order chi connectivity index (χ0) is 13.7. The molecule has 2 aliphatic rings. The van der Waals surface area contributed by atoms with Gasteiger partial charge >= 0.3 is 0 Å². The lowest BCUT2D eigenvalue weighted by Crippen LogP contribution is -2.45. The minimum absolute atomic E-state index is 0.351. The van der Waals surface area contributed by atoms with Crippen molar-refractivity contribution < 1.29 is 8.42 Å². The molecular weight excluding hydrogens is 260 g/mol. The van der Waals surface area contributed by atoms with Crippen LogP contribution >= 0.6 is 0 Å². The third-order valence-corrected chi connectivity index (χ3v) is 5.78. The maximum Gasteiger partial charge on any atom is 0.241 e. The molecule has 19 heavy (non-hydrogen) atoms. The second-order valence-corrected chi connectivity index (χ2v) is 7.82. The molecule has 1 fully saturated rings. The maximum atomic E-state index is 12.4. The van der Waals surface area contributed by atoms with Crippen LogP contribution in [-0.4, -0.2) is 14.0 Å². The Bertz CT molecular complexity index is 604. The van der Waals surface area contributed by atoms with E-state index in [-0.39, 0.29) is 5.54 Å². The normalized spacial score (nSPS) is 19.5. The first-order valence-electron chi connectivity index (χ1n) is 6.75. The van der Waals surface area contributed by atoms with Crippen molar-refractivity contribution in [2.75, 3.05) is 0 Å². The van der Waals surface area contributed by atoms with Crippen LogP contribution in [0.4, 0.5) is 0 Å². The summed E-state index contributed by atoms with van der Waals surface area (Å²) in [6.07, 6.45) is 2.23. The smallest absolute Gasteiger partial charge is 0.241 e. The zero-order valence-corrected chi connectivity index (χ0v) is 12.2. The van der Waals surface area contributed by atoms with Crippen molar-refractivity contribution >= 4 is 10.0 Å². The predicted octanol–water partition coefficient (Wildman–Crippen LogP) is 1.76. The number of hydrogen-bond donors (Lipinski definition) is 2. The third-order valence-electron chi connectivity index (χ3n) is 4.11. The standard InChI is InChI=1S/C14H20N2O2S/c1-14(2,12-4-5-12)16-19(17,18)13-6-3-10-8-15-9-11(10)7-13/h3,6-7,12,15-16H,4-5,8-9H2,1-2H3. The van der Waals surface area contributed by atoms with Gasteiger partial charge in [0.25, 0.3) is 0 Å². The Morgan fingerprint density at radius 1 is 1.21 bits per heavy atom. The molecular formula is C14H20N2O2S. The molecule has 1 aromatic rings. The summed E-state index contributed by atoms with van der Waals surface area (Å²) in [7, 11) is -3.42. The molecule has 2 N–H and O–H groups in total. The summed E-state index contributed by atoms with van der Waals surface area (Å²) in [5.74, 6) is 0.471. The fraction of sp³-hybridized carbons (Fsp3) is 0.571. The molecule has 1 saturated carbocycles. The molecule has 3 rings (SSSR count). The van der Waals surface area contributed by atoms with Crippen molar-refractivity contribution in [2.24, 2.45) is 5.92 Å². The second kappa shape index (κ2) is 4.30. The Kier molecular flexibility index (Phi) is 2.96. The van der Waals surface area contributed by atoms with Crippen LogP contribution in [0.3, 0.4) is 0 Å². The van der Waals surface area contributed by atoms with Gasteiger partial charge in [-0.1, -0.05) is 6.07 Å². The van der Waals surface area contributed by atoms with E-state index in [1.54, 1.807) is 12.1 Å². The van der Waals surface area contributed by atoms with E-state index in [9.17, 15) is 8.42 Å². The van der Waals surface area contributed by atoms with Gasteiger partial charge < -0.3 is 5.32 Å². The van der Waals surface area contributed by atoms with E-state index in [0.29, 0.717) is 10.8 Å². The van der Waals surface area contributed by atoms with Crippen molar-refractivity contribution in [3.63, 3.8) is 0 Å². The van der Waals surface area contributed by atoms with Gasteiger partial charge in [0, 0.05) is 18.6 Å². The van der Waals surface area contributed by atoms with E-state index in [1.807, 2.05) is 19.9 Å². The number of fused-ring (bicyclic) bond motifs is 1. The number of rotatable bonds is 4. The van der Waals surface area contributed by atoms with E-state index < -0.39 is 10.0 Å². The Hall–Kier alpha value is -0.910. The van der Waals surface area contributed by atoms with E-state index >= 15 is 0 Å². The first kappa shape index (κ1) is 13.1. The molecule has 5 heteroatoms. The van der Waals surface area contributed by atoms with Crippen molar-refractivity contribution in [2.45, 2.75) is 50.2 Å². The Balaban J connectivity index is 1.87. The highest BCUT2D eigenvalue weighted by atomic mass is 32.2. The molecule has 0 spiro atoms. The summed E-state index contributed by atoms with van der Waals surface area (Å²) in [6.45, 7) is 5.52. The van der Waals surface area contributed by atoms with Crippen LogP contribution < -0.4 is 10.0 Å². The van der Waals surface area contributed by atoms with E-state index in [0.717, 1.165) is 31.5 Å². The lowest BCUT2D eigenvalue weighted by Gasteiger charge is -2.25. The van der Waals surface area contributed by atoms with Crippen LogP contribution in [0.25, 0.3) is 0 Å². The SMILES string of the molecule is CC(C)(NS(=O)(=O)c1ccc2c(c1)CNC2)C1CC1. The summed E-state index contributed by atoms with van der Waals surface area (Å²) in [5, 5.41) is 3.23. The number of sulfonamides is 1. The lowest BCUT2D eigenvalue weighted by molar-refractivity contribution is 0.400. The lowest BCUT2D eigenvalue weighted by atomic mass is 10.0. The van der Waals surface area contributed by atoms with Gasteiger partial charge in [-0.3, -0.25) is 0 Å². The molecule has 0 radical (unpaired) electrons. The van der Waals surface area contributed by atoms with E-state index in [4.69, 9.17) is 0 Å². The molecule has 104 valence electrons. The molecule has 0 bridgehead atoms. The van der Waals surface area contributed by atoms with Crippen LogP contribution in [0.1, 0.15) is 37.8 Å². The van der Waals surface area contributed by atoms with Gasteiger partial charge in [-0.25, -0.2) is 13.1 Å². The highest BCUT2D eigenvalue weighted by Crippen LogP contribution is 2.40. The molecule has 0 amide bonds. The molecule has 0 atom stereocenters. The van der Waals surface area contributed by atoms with Gasteiger partial charge in [0.2, 0.25) is 10.0 Å². The van der Waals surface area contributed by atoms with Crippen LogP contribution in [0.5, 0.6) is 0 Å². The zero-order valence-electron chi connectivity index (χ0n) is 11.4. The highest BCUT2D eigenvalue weighted by molar-refractivity contribution is 7.89. The van der Waals surface area contributed by atoms with Crippen molar-refractivity contribution in [3.8, 4) is 0 Å². The van der Waals surface area contributed by atoms with Crippen LogP contribution in [0, 0.1) is 5.92 Å². The highest BCUT2D eigenvalue weighted by Gasteiger charge is 2.40. The molecule has 1 heterocycles. The molecule has 0 aromatic heterocycles. The summed E-state index contributed by atoms with van der Waals surface area (Å²) in [5.41, 5.74) is 1.93. The quantitative estimate of drug-likeness (QED) is 0.883. The van der Waals surface area contributed by atoms with Crippen molar-refractivity contribution in [1.29, 1.82) is 0 Å². The predicted molar refractivity (Wildman–Crippen MR) is 74.1 cm³/mol. The van der Waals surface area contributed by atoms with Gasteiger partial charge in [-0.05, 0) is 55.9 Å². The average molecular weight is 280 g/mol. The largest absolute Gasteiger partial charge is 0.309 e.